The lowest BCUT2D eigenvalue weighted by molar-refractivity contribution is -0.143. The first-order valence-corrected chi connectivity index (χ1v) is 18.0. The first-order valence-electron chi connectivity index (χ1n) is 16.5. The number of methoxy groups -OCH3 is 1. The SMILES string of the molecule is COc1cc(Br)cc(C2C3=CCC4C(=O)N(CCC(=O)O)C(=O)C4C3CC3C(=O)N(Nc4ncc(C(F)(F)F)cc4Cl)C(=O)C32c2ccc(Cl)cc2)c1O. The summed E-state index contributed by atoms with van der Waals surface area (Å²) in [7, 11) is 1.32. The van der Waals surface area contributed by atoms with E-state index in [1.165, 1.54) is 25.3 Å². The number of phenols is 1. The van der Waals surface area contributed by atoms with Gasteiger partial charge >= 0.3 is 12.1 Å². The van der Waals surface area contributed by atoms with Crippen molar-refractivity contribution in [3.63, 3.8) is 0 Å². The highest BCUT2D eigenvalue weighted by Crippen LogP contribution is 2.65. The molecule has 6 unspecified atom stereocenters. The molecule has 2 aromatic carbocycles. The molecule has 282 valence electrons. The second-order valence-electron chi connectivity index (χ2n) is 13.4. The number of carboxylic acids is 1. The van der Waals surface area contributed by atoms with Crippen molar-refractivity contribution in [2.75, 3.05) is 19.1 Å². The summed E-state index contributed by atoms with van der Waals surface area (Å²) in [6.45, 7) is -0.358. The number of amides is 4. The number of aromatic nitrogens is 1. The van der Waals surface area contributed by atoms with E-state index in [1.807, 2.05) is 0 Å². The number of imide groups is 2. The molecule has 4 aliphatic rings. The average Bonchev–Trinajstić information content (AvgIpc) is 3.49. The lowest BCUT2D eigenvalue weighted by atomic mass is 9.49. The molecule has 1 saturated carbocycles. The standard InChI is InChI=1S/C36H28BrCl2F3N4O8/c1-54-25-12-17(37)11-22(29(25)49)28-19-6-7-20-27(33(52)45(31(20)50)9-8-26(47)48)21(19)13-23-32(51)46(34(53)35(23,28)15-2-4-18(38)5-3-15)44-30-24(39)10-16(14-43-30)36(40,41)42/h2-6,10-12,14,20-21,23,27-28,49H,7-9,13H2,1H3,(H,43,44)(H,47,48). The molecule has 0 bridgehead atoms. The number of likely N-dealkylation sites (tertiary alicyclic amines) is 1. The number of carbonyl (C=O) groups excluding carboxylic acids is 4. The number of hydrogen-bond donors (Lipinski definition) is 3. The Morgan fingerprint density at radius 1 is 1.07 bits per heavy atom. The first-order chi connectivity index (χ1) is 25.5. The van der Waals surface area contributed by atoms with Gasteiger partial charge in [-0.05, 0) is 54.7 Å². The van der Waals surface area contributed by atoms with Crippen LogP contribution < -0.4 is 10.2 Å². The van der Waals surface area contributed by atoms with Crippen molar-refractivity contribution in [1.29, 1.82) is 0 Å². The number of hydrazine groups is 1. The van der Waals surface area contributed by atoms with Gasteiger partial charge in [0.1, 0.15) is 0 Å². The molecule has 12 nitrogen and oxygen atoms in total. The number of halogens is 6. The van der Waals surface area contributed by atoms with Crippen molar-refractivity contribution in [1.82, 2.24) is 14.9 Å². The average molecular weight is 852 g/mol. The second kappa shape index (κ2) is 13.6. The van der Waals surface area contributed by atoms with E-state index < -0.39 is 93.6 Å². The van der Waals surface area contributed by atoms with E-state index in [0.29, 0.717) is 32.3 Å². The maximum Gasteiger partial charge on any atom is 0.417 e. The van der Waals surface area contributed by atoms with Gasteiger partial charge < -0.3 is 14.9 Å². The minimum atomic E-state index is -4.79. The molecule has 2 saturated heterocycles. The van der Waals surface area contributed by atoms with Crippen LogP contribution in [-0.4, -0.2) is 68.4 Å². The van der Waals surface area contributed by atoms with E-state index in [4.69, 9.17) is 27.9 Å². The van der Waals surface area contributed by atoms with Crippen molar-refractivity contribution in [2.45, 2.75) is 36.8 Å². The molecular formula is C36H28BrCl2F3N4O8. The monoisotopic (exact) mass is 850 g/mol. The number of alkyl halides is 3. The third-order valence-electron chi connectivity index (χ3n) is 10.8. The fraction of sp³-hybridized carbons (Fsp3) is 0.333. The van der Waals surface area contributed by atoms with E-state index in [0.717, 1.165) is 4.90 Å². The number of carboxylic acid groups (broad SMARTS) is 1. The Balaban J connectivity index is 1.45. The number of carbonyl (C=O) groups is 5. The third-order valence-corrected chi connectivity index (χ3v) is 11.8. The lowest BCUT2D eigenvalue weighted by Crippen LogP contribution is -2.53. The van der Waals surface area contributed by atoms with Crippen LogP contribution in [0.3, 0.4) is 0 Å². The zero-order chi connectivity index (χ0) is 39.0. The molecule has 3 fully saturated rings. The quantitative estimate of drug-likeness (QED) is 0.172. The van der Waals surface area contributed by atoms with Gasteiger partial charge in [-0.15, -0.1) is 0 Å². The maximum atomic E-state index is 15.3. The van der Waals surface area contributed by atoms with Crippen LogP contribution in [0.1, 0.15) is 41.9 Å². The molecule has 4 amide bonds. The van der Waals surface area contributed by atoms with Gasteiger partial charge in [0.2, 0.25) is 11.8 Å². The van der Waals surface area contributed by atoms with Crippen LogP contribution in [0.15, 0.2) is 64.8 Å². The van der Waals surface area contributed by atoms with Crippen LogP contribution in [0.25, 0.3) is 0 Å². The Kier molecular flexibility index (Phi) is 9.46. The van der Waals surface area contributed by atoms with Gasteiger partial charge in [0.05, 0.1) is 47.3 Å². The Morgan fingerprint density at radius 3 is 2.41 bits per heavy atom. The summed E-state index contributed by atoms with van der Waals surface area (Å²) < 4.78 is 46.2. The van der Waals surface area contributed by atoms with Gasteiger partial charge in [0.15, 0.2) is 17.3 Å². The van der Waals surface area contributed by atoms with Gasteiger partial charge in [0.25, 0.3) is 11.8 Å². The topological polar surface area (TPSA) is 166 Å². The van der Waals surface area contributed by atoms with Crippen molar-refractivity contribution in [3.8, 4) is 11.5 Å². The highest BCUT2D eigenvalue weighted by molar-refractivity contribution is 9.10. The first kappa shape index (κ1) is 37.6. The van der Waals surface area contributed by atoms with Crippen LogP contribution in [0.5, 0.6) is 11.5 Å². The number of aliphatic carboxylic acids is 1. The normalized spacial score (nSPS) is 26.4. The summed E-state index contributed by atoms with van der Waals surface area (Å²) in [5.74, 6) is -10.2. The zero-order valence-corrected chi connectivity index (χ0v) is 31.0. The lowest BCUT2D eigenvalue weighted by Gasteiger charge is -2.50. The fourth-order valence-corrected chi connectivity index (χ4v) is 9.38. The van der Waals surface area contributed by atoms with Gasteiger partial charge in [-0.3, -0.25) is 34.3 Å². The largest absolute Gasteiger partial charge is 0.504 e. The van der Waals surface area contributed by atoms with Gasteiger partial charge in [-0.2, -0.15) is 18.2 Å². The molecule has 1 aromatic heterocycles. The number of phenolic OH excluding ortho intramolecular Hbond substituents is 1. The Morgan fingerprint density at radius 2 is 1.78 bits per heavy atom. The summed E-state index contributed by atoms with van der Waals surface area (Å²) in [4.78, 5) is 73.8. The number of benzene rings is 2. The Hall–Kier alpha value is -4.67. The summed E-state index contributed by atoms with van der Waals surface area (Å²) in [6, 6.07) is 9.77. The molecule has 18 heteroatoms. The van der Waals surface area contributed by atoms with Crippen molar-refractivity contribution in [3.05, 3.63) is 91.5 Å². The molecular weight excluding hydrogens is 824 g/mol. The van der Waals surface area contributed by atoms with E-state index in [9.17, 15) is 42.6 Å². The molecule has 6 atom stereocenters. The number of rotatable bonds is 8. The van der Waals surface area contributed by atoms with Gasteiger partial charge in [0, 0.05) is 33.7 Å². The molecule has 7 rings (SSSR count). The Bertz CT molecular complexity index is 2170. The number of aromatic hydroxyl groups is 1. The minimum absolute atomic E-state index is 0.0121. The summed E-state index contributed by atoms with van der Waals surface area (Å²) in [5, 5.41) is 21.5. The van der Waals surface area contributed by atoms with E-state index in [1.54, 1.807) is 24.3 Å². The van der Waals surface area contributed by atoms with Crippen LogP contribution >= 0.6 is 39.1 Å². The highest BCUT2D eigenvalue weighted by Gasteiger charge is 2.70. The summed E-state index contributed by atoms with van der Waals surface area (Å²) >= 11 is 16.0. The van der Waals surface area contributed by atoms with E-state index in [2.05, 4.69) is 26.3 Å². The van der Waals surface area contributed by atoms with Crippen LogP contribution in [0.2, 0.25) is 10.0 Å². The maximum absolute atomic E-state index is 15.3. The smallest absolute Gasteiger partial charge is 0.417 e. The van der Waals surface area contributed by atoms with Crippen LogP contribution in [-0.2, 0) is 35.6 Å². The molecule has 3 heterocycles. The predicted molar refractivity (Wildman–Crippen MR) is 188 cm³/mol. The molecule has 0 spiro atoms. The zero-order valence-electron chi connectivity index (χ0n) is 27.9. The van der Waals surface area contributed by atoms with Gasteiger partial charge in [-0.25, -0.2) is 4.98 Å². The molecule has 3 aromatic rings. The number of hydrogen-bond acceptors (Lipinski definition) is 9. The van der Waals surface area contributed by atoms with Gasteiger partial charge in [-0.1, -0.05) is 62.9 Å². The van der Waals surface area contributed by atoms with Crippen LogP contribution in [0.4, 0.5) is 19.0 Å². The van der Waals surface area contributed by atoms with Crippen molar-refractivity contribution >= 4 is 74.5 Å². The van der Waals surface area contributed by atoms with Crippen LogP contribution in [0, 0.1) is 23.7 Å². The molecule has 3 N–H and O–H groups in total. The minimum Gasteiger partial charge on any atom is -0.504 e. The number of allylic oxidation sites excluding steroid dienone is 2. The highest BCUT2D eigenvalue weighted by atomic mass is 79.9. The number of anilines is 1. The number of fused-ring (bicyclic) bond motifs is 4. The Labute approximate surface area is 323 Å². The number of ether oxygens (including phenoxy) is 1. The third kappa shape index (κ3) is 5.80. The van der Waals surface area contributed by atoms with E-state index in [-0.39, 0.29) is 42.0 Å². The number of nitrogens with one attached hydrogen (secondary N) is 1. The van der Waals surface area contributed by atoms with E-state index >= 15 is 4.79 Å². The summed E-state index contributed by atoms with van der Waals surface area (Å²) in [5.41, 5.74) is 0.356. The summed E-state index contributed by atoms with van der Waals surface area (Å²) in [6.07, 6.45) is -3.18. The molecule has 0 radical (unpaired) electrons. The second-order valence-corrected chi connectivity index (χ2v) is 15.2. The predicted octanol–water partition coefficient (Wildman–Crippen LogP) is 6.34. The molecule has 2 aliphatic carbocycles. The number of nitrogens with zero attached hydrogens (tertiary/aromatic N) is 3. The fourth-order valence-electron chi connectivity index (χ4n) is 8.59. The molecule has 54 heavy (non-hydrogen) atoms. The molecule has 2 aliphatic heterocycles. The van der Waals surface area contributed by atoms with Crippen molar-refractivity contribution in [2.24, 2.45) is 23.7 Å². The number of pyridine rings is 1. The van der Waals surface area contributed by atoms with Crippen molar-refractivity contribution < 1.29 is 52.1 Å².